The lowest BCUT2D eigenvalue weighted by atomic mass is 10.1. The van der Waals surface area contributed by atoms with Crippen LogP contribution in [0.2, 0.25) is 0 Å². The summed E-state index contributed by atoms with van der Waals surface area (Å²) >= 11 is 0. The molecule has 0 aliphatic heterocycles. The number of fused-ring (bicyclic) bond motifs is 1. The van der Waals surface area contributed by atoms with Gasteiger partial charge in [-0.2, -0.15) is 0 Å². The van der Waals surface area contributed by atoms with E-state index in [2.05, 4.69) is 5.32 Å². The molecule has 0 radical (unpaired) electrons. The van der Waals surface area contributed by atoms with Crippen molar-refractivity contribution >= 4 is 28.3 Å². The number of anilines is 1. The van der Waals surface area contributed by atoms with E-state index in [1.807, 2.05) is 26.0 Å². The van der Waals surface area contributed by atoms with Crippen LogP contribution in [-0.2, 0) is 0 Å². The Labute approximate surface area is 179 Å². The van der Waals surface area contributed by atoms with Crippen molar-refractivity contribution in [1.82, 2.24) is 0 Å². The lowest BCUT2D eigenvalue weighted by Gasteiger charge is -2.08. The van der Waals surface area contributed by atoms with Crippen LogP contribution in [-0.4, -0.2) is 11.7 Å². The zero-order chi connectivity index (χ0) is 22.1. The predicted molar refractivity (Wildman–Crippen MR) is 122 cm³/mol. The first-order chi connectivity index (χ1) is 14.8. The second-order valence-corrected chi connectivity index (χ2v) is 7.60. The molecule has 4 aromatic rings. The van der Waals surface area contributed by atoms with Gasteiger partial charge in [0, 0.05) is 28.4 Å². The topological polar surface area (TPSA) is 76.4 Å². The molecule has 0 aliphatic carbocycles. The molecule has 0 atom stereocenters. The van der Waals surface area contributed by atoms with Gasteiger partial charge in [0.25, 0.3) is 5.91 Å². The standard InChI is InChI=1S/C26H21NO4/c1-15-11-16(2)25-22(12-15)23(29)14-24(31-25)18-7-9-19(10-8-18)26(30)27-21-6-4-5-20(13-21)17(3)28/h4-14H,1-3H3,(H,27,30). The van der Waals surface area contributed by atoms with E-state index in [9.17, 15) is 14.4 Å². The Bertz CT molecular complexity index is 1380. The molecule has 3 aromatic carbocycles. The number of ketones is 1. The molecule has 4 rings (SSSR count). The number of rotatable bonds is 4. The van der Waals surface area contributed by atoms with E-state index in [-0.39, 0.29) is 17.1 Å². The summed E-state index contributed by atoms with van der Waals surface area (Å²) in [6.45, 7) is 5.34. The molecule has 5 heteroatoms. The number of carbonyl (C=O) groups is 2. The molecule has 154 valence electrons. The number of carbonyl (C=O) groups excluding carboxylic acids is 2. The number of amides is 1. The monoisotopic (exact) mass is 411 g/mol. The summed E-state index contributed by atoms with van der Waals surface area (Å²) in [4.78, 5) is 36.7. The molecular formula is C26H21NO4. The largest absolute Gasteiger partial charge is 0.456 e. The zero-order valence-electron chi connectivity index (χ0n) is 17.5. The number of nitrogens with one attached hydrogen (secondary N) is 1. The van der Waals surface area contributed by atoms with Crippen LogP contribution in [0.3, 0.4) is 0 Å². The smallest absolute Gasteiger partial charge is 0.255 e. The fourth-order valence-electron chi connectivity index (χ4n) is 3.56. The van der Waals surface area contributed by atoms with Crippen LogP contribution in [0.15, 0.2) is 75.9 Å². The fourth-order valence-corrected chi connectivity index (χ4v) is 3.56. The molecule has 31 heavy (non-hydrogen) atoms. The van der Waals surface area contributed by atoms with Crippen molar-refractivity contribution in [2.75, 3.05) is 5.32 Å². The van der Waals surface area contributed by atoms with Crippen molar-refractivity contribution in [2.24, 2.45) is 0 Å². The van der Waals surface area contributed by atoms with E-state index in [0.717, 1.165) is 11.1 Å². The van der Waals surface area contributed by atoms with Crippen LogP contribution in [0.4, 0.5) is 5.69 Å². The molecule has 0 fully saturated rings. The highest BCUT2D eigenvalue weighted by Gasteiger charge is 2.12. The van der Waals surface area contributed by atoms with Gasteiger partial charge in [-0.1, -0.05) is 30.3 Å². The van der Waals surface area contributed by atoms with Crippen LogP contribution in [0.25, 0.3) is 22.3 Å². The van der Waals surface area contributed by atoms with Gasteiger partial charge in [0.2, 0.25) is 0 Å². The lowest BCUT2D eigenvalue weighted by Crippen LogP contribution is -2.12. The molecular weight excluding hydrogens is 390 g/mol. The van der Waals surface area contributed by atoms with Crippen molar-refractivity contribution in [3.05, 3.63) is 99.2 Å². The second-order valence-electron chi connectivity index (χ2n) is 7.60. The van der Waals surface area contributed by atoms with Gasteiger partial charge in [-0.15, -0.1) is 0 Å². The molecule has 1 aromatic heterocycles. The third-order valence-corrected chi connectivity index (χ3v) is 5.12. The van der Waals surface area contributed by atoms with Crippen LogP contribution >= 0.6 is 0 Å². The van der Waals surface area contributed by atoms with Crippen molar-refractivity contribution in [3.8, 4) is 11.3 Å². The Hall–Kier alpha value is -3.99. The van der Waals surface area contributed by atoms with Crippen molar-refractivity contribution in [3.63, 3.8) is 0 Å². The van der Waals surface area contributed by atoms with Gasteiger partial charge < -0.3 is 9.73 Å². The number of benzene rings is 3. The van der Waals surface area contributed by atoms with Gasteiger partial charge in [-0.05, 0) is 62.2 Å². The predicted octanol–water partition coefficient (Wildman–Crippen LogP) is 5.53. The summed E-state index contributed by atoms with van der Waals surface area (Å²) < 4.78 is 6.01. The molecule has 5 nitrogen and oxygen atoms in total. The zero-order valence-corrected chi connectivity index (χ0v) is 17.5. The molecule has 1 heterocycles. The van der Waals surface area contributed by atoms with Gasteiger partial charge in [0.15, 0.2) is 11.2 Å². The maximum absolute atomic E-state index is 12.6. The van der Waals surface area contributed by atoms with Gasteiger partial charge >= 0.3 is 0 Å². The minimum atomic E-state index is -0.293. The minimum Gasteiger partial charge on any atom is -0.456 e. The molecule has 0 saturated heterocycles. The molecule has 0 unspecified atom stereocenters. The number of hydrogen-bond acceptors (Lipinski definition) is 4. The summed E-state index contributed by atoms with van der Waals surface area (Å²) in [5.41, 5.74) is 4.61. The third kappa shape index (κ3) is 4.16. The quantitative estimate of drug-likeness (QED) is 0.448. The highest BCUT2D eigenvalue weighted by molar-refractivity contribution is 6.05. The van der Waals surface area contributed by atoms with E-state index in [1.165, 1.54) is 13.0 Å². The highest BCUT2D eigenvalue weighted by atomic mass is 16.3. The van der Waals surface area contributed by atoms with Crippen molar-refractivity contribution in [2.45, 2.75) is 20.8 Å². The van der Waals surface area contributed by atoms with E-state index < -0.39 is 0 Å². The normalized spacial score (nSPS) is 10.8. The Morgan fingerprint density at radius 3 is 2.32 bits per heavy atom. The average Bonchev–Trinajstić information content (AvgIpc) is 2.74. The summed E-state index contributed by atoms with van der Waals surface area (Å²) in [6, 6.07) is 18.9. The van der Waals surface area contributed by atoms with Gasteiger partial charge in [-0.25, -0.2) is 0 Å². The molecule has 1 amide bonds. The fraction of sp³-hybridized carbons (Fsp3) is 0.115. The number of hydrogen-bond donors (Lipinski definition) is 1. The third-order valence-electron chi connectivity index (χ3n) is 5.12. The van der Waals surface area contributed by atoms with Crippen LogP contribution in [0.1, 0.15) is 38.8 Å². The maximum Gasteiger partial charge on any atom is 0.255 e. The molecule has 0 aliphatic rings. The van der Waals surface area contributed by atoms with Crippen LogP contribution in [0.5, 0.6) is 0 Å². The summed E-state index contributed by atoms with van der Waals surface area (Å²) in [5, 5.41) is 3.35. The van der Waals surface area contributed by atoms with Crippen molar-refractivity contribution in [1.29, 1.82) is 0 Å². The lowest BCUT2D eigenvalue weighted by molar-refractivity contribution is 0.101. The Balaban J connectivity index is 1.61. The molecule has 0 bridgehead atoms. The Morgan fingerprint density at radius 2 is 1.61 bits per heavy atom. The summed E-state index contributed by atoms with van der Waals surface area (Å²) in [6.07, 6.45) is 0. The molecule has 0 spiro atoms. The van der Waals surface area contributed by atoms with Gasteiger partial charge in [-0.3, -0.25) is 14.4 Å². The summed E-state index contributed by atoms with van der Waals surface area (Å²) in [5.74, 6) is 0.0897. The van der Waals surface area contributed by atoms with Crippen LogP contribution in [0, 0.1) is 13.8 Å². The number of aryl methyl sites for hydroxylation is 2. The first-order valence-corrected chi connectivity index (χ1v) is 9.90. The Morgan fingerprint density at radius 1 is 0.871 bits per heavy atom. The minimum absolute atomic E-state index is 0.0669. The first-order valence-electron chi connectivity index (χ1n) is 9.90. The van der Waals surface area contributed by atoms with E-state index in [0.29, 0.717) is 39.1 Å². The highest BCUT2D eigenvalue weighted by Crippen LogP contribution is 2.25. The first kappa shape index (κ1) is 20.3. The van der Waals surface area contributed by atoms with Gasteiger partial charge in [0.05, 0.1) is 5.39 Å². The van der Waals surface area contributed by atoms with E-state index in [4.69, 9.17) is 4.42 Å². The Kier molecular flexibility index (Phi) is 5.26. The van der Waals surface area contributed by atoms with Gasteiger partial charge in [0.1, 0.15) is 11.3 Å². The van der Waals surface area contributed by atoms with E-state index >= 15 is 0 Å². The van der Waals surface area contributed by atoms with E-state index in [1.54, 1.807) is 48.5 Å². The maximum atomic E-state index is 12.6. The SMILES string of the molecule is CC(=O)c1cccc(NC(=O)c2ccc(-c3cc(=O)c4cc(C)cc(C)c4o3)cc2)c1. The second kappa shape index (κ2) is 8.03. The van der Waals surface area contributed by atoms with Crippen LogP contribution < -0.4 is 10.7 Å². The molecule has 1 N–H and O–H groups in total. The average molecular weight is 411 g/mol. The number of Topliss-reactive ketones (excluding diaryl/α,β-unsaturated/α-hetero) is 1. The van der Waals surface area contributed by atoms with Crippen molar-refractivity contribution < 1.29 is 14.0 Å². The summed E-state index contributed by atoms with van der Waals surface area (Å²) in [7, 11) is 0. The molecule has 0 saturated carbocycles.